The fourth-order valence-electron chi connectivity index (χ4n) is 2.87. The van der Waals surface area contributed by atoms with Gasteiger partial charge in [0.2, 0.25) is 6.41 Å². The number of amides is 1. The van der Waals surface area contributed by atoms with Crippen molar-refractivity contribution in [2.24, 2.45) is 10.8 Å². The van der Waals surface area contributed by atoms with E-state index in [-0.39, 0.29) is 0 Å². The molecule has 2 rings (SSSR count). The molecule has 0 aromatic carbocycles. The Morgan fingerprint density at radius 3 is 2.84 bits per heavy atom. The molecule has 0 aliphatic carbocycles. The number of allylic oxidation sites excluding steroid dienone is 5. The highest BCUT2D eigenvalue weighted by molar-refractivity contribution is 7.13. The molecule has 0 aliphatic heterocycles. The molecule has 0 aliphatic rings. The van der Waals surface area contributed by atoms with Gasteiger partial charge in [0.25, 0.3) is 0 Å². The second-order valence-electron chi connectivity index (χ2n) is 6.73. The SMILES string of the molecule is CC/C(C)=C(/C=C\N)Cc1nc(NC)c(C(/C=N\NC=O)=C/Cc2cccc(C#N)n2)s1. The highest BCUT2D eigenvalue weighted by Gasteiger charge is 2.15. The van der Waals surface area contributed by atoms with Gasteiger partial charge in [-0.25, -0.2) is 15.4 Å². The van der Waals surface area contributed by atoms with Gasteiger partial charge in [-0.2, -0.15) is 10.4 Å². The minimum atomic E-state index is 0.364. The summed E-state index contributed by atoms with van der Waals surface area (Å²) < 4.78 is 0. The molecule has 2 heterocycles. The minimum absolute atomic E-state index is 0.364. The monoisotopic (exact) mass is 449 g/mol. The normalized spacial score (nSPS) is 12.6. The Kier molecular flexibility index (Phi) is 9.81. The Morgan fingerprint density at radius 2 is 2.19 bits per heavy atom. The number of hydrazone groups is 1. The van der Waals surface area contributed by atoms with Crippen molar-refractivity contribution in [3.63, 3.8) is 0 Å². The lowest BCUT2D eigenvalue weighted by Gasteiger charge is -2.04. The second-order valence-corrected chi connectivity index (χ2v) is 7.81. The van der Waals surface area contributed by atoms with Crippen molar-refractivity contribution >= 4 is 35.4 Å². The van der Waals surface area contributed by atoms with Crippen LogP contribution in [-0.2, 0) is 17.6 Å². The van der Waals surface area contributed by atoms with Crippen molar-refractivity contribution in [1.29, 1.82) is 5.26 Å². The number of aromatic nitrogens is 2. The van der Waals surface area contributed by atoms with Crippen molar-refractivity contribution in [1.82, 2.24) is 15.4 Å². The number of nitrogens with two attached hydrogens (primary N) is 1. The number of rotatable bonds is 11. The third kappa shape index (κ3) is 6.89. The molecule has 2 aromatic rings. The average Bonchev–Trinajstić information content (AvgIpc) is 3.23. The van der Waals surface area contributed by atoms with Crippen LogP contribution in [0.3, 0.4) is 0 Å². The molecule has 0 saturated carbocycles. The first-order valence-electron chi connectivity index (χ1n) is 10.1. The molecule has 1 amide bonds. The fraction of sp³-hybridized carbons (Fsp3) is 0.261. The maximum absolute atomic E-state index is 10.6. The van der Waals surface area contributed by atoms with E-state index in [9.17, 15) is 4.79 Å². The molecule has 32 heavy (non-hydrogen) atoms. The number of anilines is 1. The summed E-state index contributed by atoms with van der Waals surface area (Å²) >= 11 is 1.54. The van der Waals surface area contributed by atoms with Gasteiger partial charge in [-0.3, -0.25) is 4.79 Å². The Labute approximate surface area is 192 Å². The Balaban J connectivity index is 2.44. The number of thiazole rings is 1. The quantitative estimate of drug-likeness (QED) is 0.208. The predicted molar refractivity (Wildman–Crippen MR) is 130 cm³/mol. The molecule has 166 valence electrons. The third-order valence-electron chi connectivity index (χ3n) is 4.67. The molecular weight excluding hydrogens is 422 g/mol. The van der Waals surface area contributed by atoms with Gasteiger partial charge >= 0.3 is 0 Å². The van der Waals surface area contributed by atoms with Gasteiger partial charge < -0.3 is 11.1 Å². The summed E-state index contributed by atoms with van der Waals surface area (Å²) in [4.78, 5) is 20.6. The number of pyridine rings is 1. The molecule has 0 bridgehead atoms. The molecule has 0 radical (unpaired) electrons. The van der Waals surface area contributed by atoms with Crippen molar-refractivity contribution < 1.29 is 4.79 Å². The Hall–Kier alpha value is -3.77. The van der Waals surface area contributed by atoms with Crippen LogP contribution in [0.2, 0.25) is 0 Å². The highest BCUT2D eigenvalue weighted by atomic mass is 32.1. The van der Waals surface area contributed by atoms with E-state index in [1.165, 1.54) is 5.57 Å². The number of nitrogens with one attached hydrogen (secondary N) is 2. The fourth-order valence-corrected chi connectivity index (χ4v) is 3.97. The van der Waals surface area contributed by atoms with Gasteiger partial charge in [0, 0.05) is 31.2 Å². The maximum atomic E-state index is 10.6. The van der Waals surface area contributed by atoms with Crippen molar-refractivity contribution in [2.75, 3.05) is 12.4 Å². The molecule has 9 heteroatoms. The van der Waals surface area contributed by atoms with Gasteiger partial charge in [0.15, 0.2) is 0 Å². The lowest BCUT2D eigenvalue weighted by molar-refractivity contribution is -0.109. The summed E-state index contributed by atoms with van der Waals surface area (Å²) in [6, 6.07) is 7.37. The van der Waals surface area contributed by atoms with E-state index in [2.05, 4.69) is 34.7 Å². The van der Waals surface area contributed by atoms with Crippen LogP contribution < -0.4 is 16.5 Å². The van der Waals surface area contributed by atoms with E-state index in [0.717, 1.165) is 39.0 Å². The zero-order valence-corrected chi connectivity index (χ0v) is 19.2. The number of nitrogens with zero attached hydrogens (tertiary/aromatic N) is 4. The van der Waals surface area contributed by atoms with E-state index >= 15 is 0 Å². The lowest BCUT2D eigenvalue weighted by atomic mass is 10.0. The van der Waals surface area contributed by atoms with E-state index in [0.29, 0.717) is 24.9 Å². The number of hydrogen-bond donors (Lipinski definition) is 3. The minimum Gasteiger partial charge on any atom is -0.405 e. The molecule has 0 unspecified atom stereocenters. The highest BCUT2D eigenvalue weighted by Crippen LogP contribution is 2.31. The summed E-state index contributed by atoms with van der Waals surface area (Å²) in [5, 5.41) is 17.1. The molecular formula is C23H27N7OS. The molecule has 8 nitrogen and oxygen atoms in total. The van der Waals surface area contributed by atoms with Crippen molar-refractivity contribution in [2.45, 2.75) is 33.1 Å². The molecule has 0 atom stereocenters. The van der Waals surface area contributed by atoms with Crippen LogP contribution in [0.4, 0.5) is 5.82 Å². The molecule has 0 saturated heterocycles. The smallest absolute Gasteiger partial charge is 0.227 e. The number of hydrogen-bond acceptors (Lipinski definition) is 8. The summed E-state index contributed by atoms with van der Waals surface area (Å²) in [5.41, 5.74) is 12.2. The van der Waals surface area contributed by atoms with Gasteiger partial charge in [-0.15, -0.1) is 11.3 Å². The third-order valence-corrected chi connectivity index (χ3v) is 5.78. The molecule has 0 fully saturated rings. The largest absolute Gasteiger partial charge is 0.405 e. The van der Waals surface area contributed by atoms with Crippen molar-refractivity contribution in [3.05, 3.63) is 69.0 Å². The van der Waals surface area contributed by atoms with Crippen LogP contribution in [-0.4, -0.2) is 29.6 Å². The zero-order chi connectivity index (χ0) is 23.3. The number of nitriles is 1. The average molecular weight is 450 g/mol. The van der Waals surface area contributed by atoms with Crippen LogP contribution >= 0.6 is 11.3 Å². The van der Waals surface area contributed by atoms with E-state index in [4.69, 9.17) is 16.0 Å². The van der Waals surface area contributed by atoms with Gasteiger partial charge in [0.05, 0.1) is 11.1 Å². The van der Waals surface area contributed by atoms with Crippen LogP contribution in [0.15, 0.2) is 52.8 Å². The first-order chi connectivity index (χ1) is 15.6. The lowest BCUT2D eigenvalue weighted by Crippen LogP contribution is -2.02. The molecule has 2 aromatic heterocycles. The summed E-state index contributed by atoms with van der Waals surface area (Å²) in [6.07, 6.45) is 9.58. The zero-order valence-electron chi connectivity index (χ0n) is 18.4. The Bertz CT molecular complexity index is 1090. The number of carbonyl (C=O) groups excluding carboxylic acids is 1. The van der Waals surface area contributed by atoms with Gasteiger partial charge in [-0.05, 0) is 43.3 Å². The molecule has 0 spiro atoms. The van der Waals surface area contributed by atoms with Crippen LogP contribution in [0.1, 0.15) is 41.5 Å². The van der Waals surface area contributed by atoms with E-state index in [1.54, 1.807) is 35.9 Å². The standard InChI is InChI=1S/C23H27N7OS/c1-4-16(2)17(10-11-24)12-21-30-23(26-3)22(32-21)18(14-27-28-15-31)8-9-19-6-5-7-20(13-25)29-19/h5-8,10-11,14-15,26H,4,9,12,24H2,1-3H3,(H,28,31)/b11-10-,17-16-,18-8+,27-14-. The summed E-state index contributed by atoms with van der Waals surface area (Å²) in [6.45, 7) is 4.20. The van der Waals surface area contributed by atoms with E-state index < -0.39 is 0 Å². The predicted octanol–water partition coefficient (Wildman–Crippen LogP) is 3.55. The van der Waals surface area contributed by atoms with Crippen molar-refractivity contribution in [3.8, 4) is 6.07 Å². The van der Waals surface area contributed by atoms with Crippen LogP contribution in [0, 0.1) is 11.3 Å². The van der Waals surface area contributed by atoms with Crippen LogP contribution in [0.5, 0.6) is 0 Å². The van der Waals surface area contributed by atoms with Crippen LogP contribution in [0.25, 0.3) is 5.57 Å². The topological polar surface area (TPSA) is 129 Å². The summed E-state index contributed by atoms with van der Waals surface area (Å²) in [5.74, 6) is 0.720. The molecule has 4 N–H and O–H groups in total. The van der Waals surface area contributed by atoms with Gasteiger partial charge in [0.1, 0.15) is 22.6 Å². The first-order valence-corrected chi connectivity index (χ1v) is 10.9. The van der Waals surface area contributed by atoms with Gasteiger partial charge in [-0.1, -0.05) is 24.6 Å². The number of carbonyl (C=O) groups is 1. The second kappa shape index (κ2) is 12.8. The maximum Gasteiger partial charge on any atom is 0.227 e. The summed E-state index contributed by atoms with van der Waals surface area (Å²) in [7, 11) is 1.81. The van der Waals surface area contributed by atoms with E-state index in [1.807, 2.05) is 31.3 Å². The Morgan fingerprint density at radius 1 is 1.38 bits per heavy atom. The first kappa shape index (κ1) is 24.5.